The Kier molecular flexibility index (Phi) is 33.6. The summed E-state index contributed by atoms with van der Waals surface area (Å²) in [5.41, 5.74) is 5.34. The Morgan fingerprint density at radius 2 is 1.19 bits per heavy atom. The Hall–Kier alpha value is -1.06. The number of amides is 1. The molecule has 10 heteroatoms. The lowest BCUT2D eigenvalue weighted by atomic mass is 10.0. The molecule has 0 heterocycles. The molecule has 6 N–H and O–H groups in total. The van der Waals surface area contributed by atoms with E-state index in [2.05, 4.69) is 31.3 Å². The molecule has 0 aliphatic heterocycles. The van der Waals surface area contributed by atoms with Gasteiger partial charge >= 0.3 is 7.82 Å². The van der Waals surface area contributed by atoms with E-state index in [1.165, 1.54) is 109 Å². The van der Waals surface area contributed by atoms with Crippen LogP contribution in [0.5, 0.6) is 0 Å². The molecule has 1 amide bonds. The molecule has 0 aliphatic carbocycles. The van der Waals surface area contributed by atoms with Crippen molar-refractivity contribution in [2.24, 2.45) is 5.73 Å². The molecule has 4 unspecified atom stereocenters. The minimum absolute atomic E-state index is 0.0457. The van der Waals surface area contributed by atoms with Gasteiger partial charge in [-0.25, -0.2) is 4.57 Å². The van der Waals surface area contributed by atoms with Gasteiger partial charge in [0.2, 0.25) is 5.91 Å². The number of nitrogens with two attached hydrogens (primary N) is 1. The number of aliphatic hydroxyl groups excluding tert-OH is 2. The predicted octanol–water partition coefficient (Wildman–Crippen LogP) is 9.19. The highest BCUT2D eigenvalue weighted by atomic mass is 31.2. The number of rotatable bonds is 36. The lowest BCUT2D eigenvalue weighted by molar-refractivity contribution is -0.124. The highest BCUT2D eigenvalue weighted by Gasteiger charge is 2.27. The van der Waals surface area contributed by atoms with Crippen LogP contribution in [0.1, 0.15) is 174 Å². The third-order valence-electron chi connectivity index (χ3n) is 8.58. The quantitative estimate of drug-likeness (QED) is 0.0246. The molecule has 0 rings (SSSR count). The lowest BCUT2D eigenvalue weighted by Gasteiger charge is -2.24. The van der Waals surface area contributed by atoms with Crippen molar-refractivity contribution in [3.05, 3.63) is 24.3 Å². The molecule has 0 bridgehead atoms. The van der Waals surface area contributed by atoms with E-state index >= 15 is 0 Å². The minimum atomic E-state index is -4.40. The summed E-state index contributed by atoms with van der Waals surface area (Å²) in [5.74, 6) is -0.457. The van der Waals surface area contributed by atoms with Gasteiger partial charge < -0.3 is 26.2 Å². The monoisotopic (exact) mass is 703 g/mol. The van der Waals surface area contributed by atoms with Crippen LogP contribution in [0.2, 0.25) is 0 Å². The van der Waals surface area contributed by atoms with Crippen LogP contribution in [-0.4, -0.2) is 59.0 Å². The third kappa shape index (κ3) is 32.2. The first-order valence-electron chi connectivity index (χ1n) is 19.5. The molecule has 0 aromatic heterocycles. The number of allylic oxidation sites excluding steroid dienone is 3. The van der Waals surface area contributed by atoms with E-state index in [1.54, 1.807) is 6.08 Å². The Labute approximate surface area is 294 Å². The van der Waals surface area contributed by atoms with Crippen molar-refractivity contribution in [2.75, 3.05) is 19.8 Å². The van der Waals surface area contributed by atoms with Gasteiger partial charge in [-0.2, -0.15) is 0 Å². The molecule has 0 saturated heterocycles. The smallest absolute Gasteiger partial charge is 0.393 e. The standard InChI is InChI=1S/C38H75N2O7P/c1-3-5-7-9-11-13-15-16-17-18-19-20-22-24-26-28-30-37(42)36(34-47-48(44,45)46-32-31-39)40-38(43)33-35(41)29-27-25-23-21-14-12-10-8-6-4-2/h20,22,28,30,35-37,41-42H,3-19,21,23-27,29,31-34,39H2,1-2H3,(H,40,43)(H,44,45)/b22-20+,30-28+. The van der Waals surface area contributed by atoms with Crippen molar-refractivity contribution in [2.45, 2.75) is 193 Å². The maximum atomic E-state index is 12.7. The minimum Gasteiger partial charge on any atom is -0.393 e. The number of hydrogen-bond acceptors (Lipinski definition) is 7. The van der Waals surface area contributed by atoms with E-state index in [0.29, 0.717) is 12.8 Å². The summed E-state index contributed by atoms with van der Waals surface area (Å²) in [4.78, 5) is 22.6. The van der Waals surface area contributed by atoms with Crippen molar-refractivity contribution >= 4 is 13.7 Å². The molecule has 0 aliphatic rings. The Balaban J connectivity index is 4.47. The second-order valence-electron chi connectivity index (χ2n) is 13.3. The summed E-state index contributed by atoms with van der Waals surface area (Å²) in [7, 11) is -4.40. The van der Waals surface area contributed by atoms with Crippen molar-refractivity contribution < 1.29 is 33.5 Å². The molecule has 48 heavy (non-hydrogen) atoms. The summed E-state index contributed by atoms with van der Waals surface area (Å²) in [6.45, 7) is 3.92. The van der Waals surface area contributed by atoms with Gasteiger partial charge in [-0.1, -0.05) is 160 Å². The van der Waals surface area contributed by atoms with Gasteiger partial charge in [0.1, 0.15) is 0 Å². The van der Waals surface area contributed by atoms with Gasteiger partial charge in [0, 0.05) is 6.54 Å². The SMILES string of the molecule is CCCCCCCCCCCC/C=C/CC/C=C/C(O)C(COP(=O)(O)OCCN)NC(=O)CC(O)CCCCCCCCCCCC. The fraction of sp³-hybridized carbons (Fsp3) is 0.868. The first kappa shape index (κ1) is 46.9. The zero-order valence-corrected chi connectivity index (χ0v) is 31.7. The van der Waals surface area contributed by atoms with Gasteiger partial charge in [0.15, 0.2) is 0 Å². The van der Waals surface area contributed by atoms with E-state index in [9.17, 15) is 24.5 Å². The fourth-order valence-electron chi connectivity index (χ4n) is 5.60. The number of phosphoric ester groups is 1. The largest absolute Gasteiger partial charge is 0.472 e. The molecule has 0 radical (unpaired) electrons. The Morgan fingerprint density at radius 1 is 0.708 bits per heavy atom. The molecule has 4 atom stereocenters. The van der Waals surface area contributed by atoms with Gasteiger partial charge in [-0.05, 0) is 32.1 Å². The molecule has 9 nitrogen and oxygen atoms in total. The third-order valence-corrected chi connectivity index (χ3v) is 9.57. The van der Waals surface area contributed by atoms with E-state index in [4.69, 9.17) is 14.8 Å². The van der Waals surface area contributed by atoms with Crippen molar-refractivity contribution in [1.82, 2.24) is 5.32 Å². The van der Waals surface area contributed by atoms with Crippen LogP contribution in [0.3, 0.4) is 0 Å². The predicted molar refractivity (Wildman–Crippen MR) is 200 cm³/mol. The van der Waals surface area contributed by atoms with Crippen LogP contribution in [0.4, 0.5) is 0 Å². The molecule has 0 saturated carbocycles. The number of hydrogen-bond donors (Lipinski definition) is 5. The van der Waals surface area contributed by atoms with Gasteiger partial charge in [0.05, 0.1) is 37.9 Å². The average Bonchev–Trinajstić information content (AvgIpc) is 3.06. The average molecular weight is 703 g/mol. The summed E-state index contributed by atoms with van der Waals surface area (Å²) < 4.78 is 22.0. The fourth-order valence-corrected chi connectivity index (χ4v) is 6.36. The normalized spacial score (nSPS) is 15.2. The molecular formula is C38H75N2O7P. The molecule has 284 valence electrons. The molecule has 0 fully saturated rings. The maximum Gasteiger partial charge on any atom is 0.472 e. The number of carbonyl (C=O) groups excluding carboxylic acids is 1. The topological polar surface area (TPSA) is 151 Å². The van der Waals surface area contributed by atoms with Crippen LogP contribution in [0.15, 0.2) is 24.3 Å². The van der Waals surface area contributed by atoms with Crippen molar-refractivity contribution in [3.8, 4) is 0 Å². The molecular weight excluding hydrogens is 627 g/mol. The molecule has 0 spiro atoms. The van der Waals surface area contributed by atoms with E-state index in [-0.39, 0.29) is 19.6 Å². The Morgan fingerprint density at radius 3 is 1.73 bits per heavy atom. The number of carbonyl (C=O) groups is 1. The summed E-state index contributed by atoms with van der Waals surface area (Å²) in [5, 5.41) is 23.9. The summed E-state index contributed by atoms with van der Waals surface area (Å²) in [6.07, 6.45) is 34.1. The zero-order chi connectivity index (χ0) is 35.6. The number of unbranched alkanes of at least 4 members (excludes halogenated alkanes) is 20. The molecule has 0 aromatic carbocycles. The molecule has 0 aromatic rings. The van der Waals surface area contributed by atoms with Crippen LogP contribution < -0.4 is 11.1 Å². The van der Waals surface area contributed by atoms with Crippen LogP contribution >= 0.6 is 7.82 Å². The van der Waals surface area contributed by atoms with E-state index in [1.807, 2.05) is 6.08 Å². The number of aliphatic hydroxyl groups is 2. The first-order chi connectivity index (χ1) is 23.3. The second-order valence-corrected chi connectivity index (χ2v) is 14.8. The van der Waals surface area contributed by atoms with Crippen molar-refractivity contribution in [3.63, 3.8) is 0 Å². The maximum absolute atomic E-state index is 12.7. The number of nitrogens with one attached hydrogen (secondary N) is 1. The second kappa shape index (κ2) is 34.4. The first-order valence-corrected chi connectivity index (χ1v) is 21.0. The Bertz CT molecular complexity index is 827. The lowest BCUT2D eigenvalue weighted by Crippen LogP contribution is -2.46. The van der Waals surface area contributed by atoms with Gasteiger partial charge in [0.25, 0.3) is 0 Å². The van der Waals surface area contributed by atoms with Crippen LogP contribution in [0.25, 0.3) is 0 Å². The van der Waals surface area contributed by atoms with Crippen LogP contribution in [-0.2, 0) is 18.4 Å². The highest BCUT2D eigenvalue weighted by molar-refractivity contribution is 7.47. The summed E-state index contributed by atoms with van der Waals surface area (Å²) in [6, 6.07) is -0.993. The van der Waals surface area contributed by atoms with Crippen LogP contribution in [0, 0.1) is 0 Å². The number of phosphoric acid groups is 1. The van der Waals surface area contributed by atoms with Crippen molar-refractivity contribution in [1.29, 1.82) is 0 Å². The highest BCUT2D eigenvalue weighted by Crippen LogP contribution is 2.43. The van der Waals surface area contributed by atoms with Gasteiger partial charge in [-0.15, -0.1) is 0 Å². The summed E-state index contributed by atoms with van der Waals surface area (Å²) >= 11 is 0. The zero-order valence-electron chi connectivity index (χ0n) is 30.8. The van der Waals surface area contributed by atoms with E-state index in [0.717, 1.165) is 32.1 Å². The van der Waals surface area contributed by atoms with E-state index < -0.39 is 38.6 Å². The van der Waals surface area contributed by atoms with Gasteiger partial charge in [-0.3, -0.25) is 13.8 Å².